The van der Waals surface area contributed by atoms with E-state index < -0.39 is 5.97 Å². The quantitative estimate of drug-likeness (QED) is 0.747. The van der Waals surface area contributed by atoms with E-state index in [1.165, 1.54) is 19.3 Å². The van der Waals surface area contributed by atoms with Crippen LogP contribution >= 0.6 is 0 Å². The van der Waals surface area contributed by atoms with Gasteiger partial charge in [0.25, 0.3) is 0 Å². The summed E-state index contributed by atoms with van der Waals surface area (Å²) in [6.07, 6.45) is 6.70. The molecule has 1 rings (SSSR count). The predicted molar refractivity (Wildman–Crippen MR) is 83.2 cm³/mol. The van der Waals surface area contributed by atoms with Gasteiger partial charge in [-0.3, -0.25) is 14.5 Å². The molecule has 0 saturated heterocycles. The standard InChI is InChI=1S/C16H30N2O3/c1-13(2)18(11-7-10-16(20)21)12-15(19)17(3)14-8-5-4-6-9-14/h13-14H,4-12H2,1-3H3,(H,20,21). The van der Waals surface area contributed by atoms with Crippen molar-refractivity contribution in [3.05, 3.63) is 0 Å². The van der Waals surface area contributed by atoms with Gasteiger partial charge in [0.05, 0.1) is 6.54 Å². The van der Waals surface area contributed by atoms with Crippen LogP contribution in [0.25, 0.3) is 0 Å². The molecule has 0 spiro atoms. The number of carbonyl (C=O) groups is 2. The highest BCUT2D eigenvalue weighted by atomic mass is 16.4. The second-order valence-corrected chi connectivity index (χ2v) is 6.36. The van der Waals surface area contributed by atoms with E-state index in [1.807, 2.05) is 11.9 Å². The fourth-order valence-electron chi connectivity index (χ4n) is 2.91. The number of likely N-dealkylation sites (N-methyl/N-ethyl adjacent to an activating group) is 1. The van der Waals surface area contributed by atoms with E-state index in [1.54, 1.807) is 0 Å². The van der Waals surface area contributed by atoms with Crippen LogP contribution in [0.1, 0.15) is 58.8 Å². The van der Waals surface area contributed by atoms with Crippen LogP contribution in [0, 0.1) is 0 Å². The molecule has 1 fully saturated rings. The van der Waals surface area contributed by atoms with Gasteiger partial charge >= 0.3 is 5.97 Å². The molecule has 0 aromatic rings. The second kappa shape index (κ2) is 9.03. The highest BCUT2D eigenvalue weighted by Gasteiger charge is 2.24. The average Bonchev–Trinajstić information content (AvgIpc) is 2.45. The lowest BCUT2D eigenvalue weighted by atomic mass is 9.94. The second-order valence-electron chi connectivity index (χ2n) is 6.36. The summed E-state index contributed by atoms with van der Waals surface area (Å²) in [6, 6.07) is 0.641. The van der Waals surface area contributed by atoms with E-state index in [-0.39, 0.29) is 18.4 Å². The van der Waals surface area contributed by atoms with Crippen LogP contribution in [0.15, 0.2) is 0 Å². The molecular formula is C16H30N2O3. The molecular weight excluding hydrogens is 268 g/mol. The molecule has 1 aliphatic carbocycles. The molecule has 0 aromatic heterocycles. The predicted octanol–water partition coefficient (Wildman–Crippen LogP) is 2.35. The van der Waals surface area contributed by atoms with Gasteiger partial charge < -0.3 is 10.0 Å². The molecule has 122 valence electrons. The summed E-state index contributed by atoms with van der Waals surface area (Å²) in [4.78, 5) is 27.0. The molecule has 0 unspecified atom stereocenters. The SMILES string of the molecule is CC(C)N(CCCC(=O)O)CC(=O)N(C)C1CCCCC1. The molecule has 0 radical (unpaired) electrons. The first kappa shape index (κ1) is 18.0. The van der Waals surface area contributed by atoms with Gasteiger partial charge in [0, 0.05) is 25.6 Å². The summed E-state index contributed by atoms with van der Waals surface area (Å²) >= 11 is 0. The summed E-state index contributed by atoms with van der Waals surface area (Å²) in [6.45, 7) is 5.15. The Bertz CT molecular complexity index is 338. The zero-order valence-electron chi connectivity index (χ0n) is 13.7. The summed E-state index contributed by atoms with van der Waals surface area (Å²) in [7, 11) is 1.91. The zero-order chi connectivity index (χ0) is 15.8. The van der Waals surface area contributed by atoms with Crippen LogP contribution in [0.3, 0.4) is 0 Å². The van der Waals surface area contributed by atoms with Crippen molar-refractivity contribution in [1.82, 2.24) is 9.80 Å². The highest BCUT2D eigenvalue weighted by Crippen LogP contribution is 2.21. The number of hydrogen-bond acceptors (Lipinski definition) is 3. The van der Waals surface area contributed by atoms with Gasteiger partial charge in [-0.25, -0.2) is 0 Å². The summed E-state index contributed by atoms with van der Waals surface area (Å²) in [5.74, 6) is -0.615. The van der Waals surface area contributed by atoms with Gasteiger partial charge in [0.1, 0.15) is 0 Å². The van der Waals surface area contributed by atoms with E-state index in [2.05, 4.69) is 18.7 Å². The number of carbonyl (C=O) groups excluding carboxylic acids is 1. The Balaban J connectivity index is 2.44. The summed E-state index contributed by atoms with van der Waals surface area (Å²) < 4.78 is 0. The van der Waals surface area contributed by atoms with Crippen molar-refractivity contribution in [2.45, 2.75) is 70.9 Å². The van der Waals surface area contributed by atoms with Crippen molar-refractivity contribution in [3.63, 3.8) is 0 Å². The number of rotatable bonds is 8. The van der Waals surface area contributed by atoms with Crippen molar-refractivity contribution in [1.29, 1.82) is 0 Å². The molecule has 0 aromatic carbocycles. The molecule has 0 bridgehead atoms. The molecule has 1 aliphatic rings. The Morgan fingerprint density at radius 2 is 1.81 bits per heavy atom. The van der Waals surface area contributed by atoms with Gasteiger partial charge in [-0.15, -0.1) is 0 Å². The maximum Gasteiger partial charge on any atom is 0.303 e. The Hall–Kier alpha value is -1.10. The lowest BCUT2D eigenvalue weighted by Gasteiger charge is -2.34. The number of carboxylic acid groups (broad SMARTS) is 1. The minimum Gasteiger partial charge on any atom is -0.481 e. The van der Waals surface area contributed by atoms with Gasteiger partial charge in [-0.05, 0) is 39.7 Å². The molecule has 0 aliphatic heterocycles. The van der Waals surface area contributed by atoms with E-state index in [0.29, 0.717) is 25.6 Å². The Morgan fingerprint density at radius 3 is 2.33 bits per heavy atom. The van der Waals surface area contributed by atoms with Crippen LogP contribution in [0.4, 0.5) is 0 Å². The van der Waals surface area contributed by atoms with E-state index >= 15 is 0 Å². The molecule has 1 saturated carbocycles. The van der Waals surface area contributed by atoms with E-state index in [9.17, 15) is 9.59 Å². The average molecular weight is 298 g/mol. The minimum absolute atomic E-state index is 0.158. The van der Waals surface area contributed by atoms with Gasteiger partial charge in [0.15, 0.2) is 0 Å². The fourth-order valence-corrected chi connectivity index (χ4v) is 2.91. The molecule has 21 heavy (non-hydrogen) atoms. The molecule has 1 N–H and O–H groups in total. The number of hydrogen-bond donors (Lipinski definition) is 1. The summed E-state index contributed by atoms with van der Waals surface area (Å²) in [5, 5.41) is 8.71. The number of nitrogens with zero attached hydrogens (tertiary/aromatic N) is 2. The van der Waals surface area contributed by atoms with Gasteiger partial charge in [-0.1, -0.05) is 19.3 Å². The van der Waals surface area contributed by atoms with Crippen LogP contribution in [0.2, 0.25) is 0 Å². The molecule has 0 atom stereocenters. The van der Waals surface area contributed by atoms with Gasteiger partial charge in [-0.2, -0.15) is 0 Å². The minimum atomic E-state index is -0.774. The van der Waals surface area contributed by atoms with E-state index in [0.717, 1.165) is 12.8 Å². The van der Waals surface area contributed by atoms with Crippen LogP contribution in [-0.4, -0.2) is 59.0 Å². The molecule has 0 heterocycles. The first-order valence-corrected chi connectivity index (χ1v) is 8.13. The first-order chi connectivity index (χ1) is 9.91. The van der Waals surface area contributed by atoms with Crippen LogP contribution in [0.5, 0.6) is 0 Å². The van der Waals surface area contributed by atoms with Crippen molar-refractivity contribution >= 4 is 11.9 Å². The molecule has 5 nitrogen and oxygen atoms in total. The molecule has 5 heteroatoms. The lowest BCUT2D eigenvalue weighted by Crippen LogP contribution is -2.46. The van der Waals surface area contributed by atoms with Crippen LogP contribution < -0.4 is 0 Å². The largest absolute Gasteiger partial charge is 0.481 e. The Kier molecular flexibility index (Phi) is 7.72. The van der Waals surface area contributed by atoms with E-state index in [4.69, 9.17) is 5.11 Å². The number of aliphatic carboxylic acids is 1. The number of amides is 1. The number of carboxylic acids is 1. The zero-order valence-corrected chi connectivity index (χ0v) is 13.7. The maximum absolute atomic E-state index is 12.4. The van der Waals surface area contributed by atoms with Crippen molar-refractivity contribution in [2.24, 2.45) is 0 Å². The van der Waals surface area contributed by atoms with Crippen molar-refractivity contribution < 1.29 is 14.7 Å². The third kappa shape index (κ3) is 6.46. The maximum atomic E-state index is 12.4. The smallest absolute Gasteiger partial charge is 0.303 e. The normalized spacial score (nSPS) is 16.4. The monoisotopic (exact) mass is 298 g/mol. The van der Waals surface area contributed by atoms with Crippen molar-refractivity contribution in [3.8, 4) is 0 Å². The summed E-state index contributed by atoms with van der Waals surface area (Å²) in [5.41, 5.74) is 0. The third-order valence-electron chi connectivity index (χ3n) is 4.42. The topological polar surface area (TPSA) is 60.9 Å². The first-order valence-electron chi connectivity index (χ1n) is 8.13. The van der Waals surface area contributed by atoms with Gasteiger partial charge in [0.2, 0.25) is 5.91 Å². The Morgan fingerprint density at radius 1 is 1.19 bits per heavy atom. The third-order valence-corrected chi connectivity index (χ3v) is 4.42. The Labute approximate surface area is 128 Å². The lowest BCUT2D eigenvalue weighted by molar-refractivity contribution is -0.137. The molecule has 1 amide bonds. The fraction of sp³-hybridized carbons (Fsp3) is 0.875. The highest BCUT2D eigenvalue weighted by molar-refractivity contribution is 5.78. The van der Waals surface area contributed by atoms with Crippen molar-refractivity contribution in [2.75, 3.05) is 20.1 Å². The van der Waals surface area contributed by atoms with Crippen LogP contribution in [-0.2, 0) is 9.59 Å².